The summed E-state index contributed by atoms with van der Waals surface area (Å²) >= 11 is 4.60. The first-order valence-electron chi connectivity index (χ1n) is 8.23. The van der Waals surface area contributed by atoms with Crippen LogP contribution in [0.4, 0.5) is 4.39 Å². The number of halogens is 1. The number of thiazole rings is 1. The Labute approximate surface area is 169 Å². The molecule has 0 aliphatic heterocycles. The van der Waals surface area contributed by atoms with Gasteiger partial charge in [0.2, 0.25) is 0 Å². The first-order chi connectivity index (χ1) is 13.1. The first kappa shape index (κ1) is 20.0. The number of rotatable bonds is 7. The molecule has 8 heteroatoms. The Morgan fingerprint density at radius 1 is 1.26 bits per heavy atom. The molecule has 3 rings (SSSR count). The topological polar surface area (TPSA) is 43.6 Å². The van der Waals surface area contributed by atoms with Crippen LogP contribution in [-0.2, 0) is 11.3 Å². The van der Waals surface area contributed by atoms with Crippen molar-refractivity contribution < 1.29 is 13.9 Å². The van der Waals surface area contributed by atoms with E-state index in [9.17, 15) is 9.18 Å². The molecule has 0 spiro atoms. The van der Waals surface area contributed by atoms with Crippen molar-refractivity contribution in [2.24, 2.45) is 4.99 Å². The van der Waals surface area contributed by atoms with Crippen LogP contribution in [0.1, 0.15) is 0 Å². The second kappa shape index (κ2) is 9.43. The summed E-state index contributed by atoms with van der Waals surface area (Å²) < 4.78 is 21.4. The third-order valence-electron chi connectivity index (χ3n) is 3.80. The lowest BCUT2D eigenvalue weighted by Crippen LogP contribution is -2.18. The molecule has 0 saturated heterocycles. The Morgan fingerprint density at radius 2 is 2.04 bits per heavy atom. The fourth-order valence-electron chi connectivity index (χ4n) is 2.47. The number of benzene rings is 2. The summed E-state index contributed by atoms with van der Waals surface area (Å²) in [5.41, 5.74) is 1.02. The van der Waals surface area contributed by atoms with Crippen molar-refractivity contribution in [1.29, 1.82) is 0 Å². The van der Waals surface area contributed by atoms with E-state index < -0.39 is 0 Å². The average molecular weight is 423 g/mol. The normalized spacial score (nSPS) is 11.9. The Hall–Kier alpha value is -1.77. The predicted molar refractivity (Wildman–Crippen MR) is 112 cm³/mol. The molecule has 27 heavy (non-hydrogen) atoms. The first-order valence-corrected chi connectivity index (χ1v) is 11.4. The van der Waals surface area contributed by atoms with Gasteiger partial charge in [0.1, 0.15) is 11.6 Å². The van der Waals surface area contributed by atoms with Gasteiger partial charge in [-0.3, -0.25) is 4.79 Å². The molecule has 0 atom stereocenters. The number of thioether (sulfide) groups is 2. The Kier molecular flexibility index (Phi) is 6.98. The Bertz CT molecular complexity index is 996. The van der Waals surface area contributed by atoms with Crippen LogP contribution in [0.2, 0.25) is 0 Å². The lowest BCUT2D eigenvalue weighted by molar-refractivity contribution is -0.115. The van der Waals surface area contributed by atoms with Crippen molar-refractivity contribution in [3.63, 3.8) is 0 Å². The number of aryl methyl sites for hydroxylation is 1. The Balaban J connectivity index is 1.86. The van der Waals surface area contributed by atoms with Gasteiger partial charge in [-0.25, -0.2) is 4.39 Å². The summed E-state index contributed by atoms with van der Waals surface area (Å²) in [6.07, 6.45) is 2.05. The molecule has 142 valence electrons. The lowest BCUT2D eigenvalue weighted by Gasteiger charge is -2.05. The quantitative estimate of drug-likeness (QED) is 0.528. The van der Waals surface area contributed by atoms with E-state index in [1.54, 1.807) is 31.0 Å². The van der Waals surface area contributed by atoms with E-state index in [4.69, 9.17) is 4.74 Å². The zero-order valence-corrected chi connectivity index (χ0v) is 17.4. The minimum atomic E-state index is -0.286. The van der Waals surface area contributed by atoms with Gasteiger partial charge in [-0.05, 0) is 42.7 Å². The summed E-state index contributed by atoms with van der Waals surface area (Å²) in [5.74, 6) is 1.43. The number of amides is 1. The monoisotopic (exact) mass is 422 g/mol. The minimum absolute atomic E-state index is 0.208. The van der Waals surface area contributed by atoms with Crippen LogP contribution in [-0.4, -0.2) is 35.3 Å². The molecule has 3 aromatic rings. The maximum atomic E-state index is 13.0. The van der Waals surface area contributed by atoms with Crippen LogP contribution in [0.15, 0.2) is 52.4 Å². The van der Waals surface area contributed by atoms with Gasteiger partial charge in [0.25, 0.3) is 5.91 Å². The van der Waals surface area contributed by atoms with Crippen molar-refractivity contribution in [1.82, 2.24) is 4.57 Å². The smallest absolute Gasteiger partial charge is 0.258 e. The number of methoxy groups -OCH3 is 1. The molecule has 0 fully saturated rings. The summed E-state index contributed by atoms with van der Waals surface area (Å²) in [6, 6.07) is 12.0. The molecule has 0 aliphatic rings. The average Bonchev–Trinajstić information content (AvgIpc) is 3.01. The van der Waals surface area contributed by atoms with Crippen molar-refractivity contribution in [3.05, 3.63) is 53.1 Å². The third kappa shape index (κ3) is 5.15. The minimum Gasteiger partial charge on any atom is -0.497 e. The lowest BCUT2D eigenvalue weighted by atomic mass is 10.3. The summed E-state index contributed by atoms with van der Waals surface area (Å²) in [4.78, 5) is 18.3. The molecule has 1 amide bonds. The van der Waals surface area contributed by atoms with Gasteiger partial charge in [0.15, 0.2) is 4.80 Å². The number of hydrogen-bond acceptors (Lipinski definition) is 5. The SMILES string of the molecule is COc1ccc2sc(=NC(=O)CSc3ccc(F)cc3)n(CCSC)c2c1. The predicted octanol–water partition coefficient (Wildman–Crippen LogP) is 4.43. The van der Waals surface area contributed by atoms with Crippen molar-refractivity contribution in [3.8, 4) is 5.75 Å². The number of aromatic nitrogens is 1. The molecule has 2 aromatic carbocycles. The molecular formula is C19H19FN2O2S3. The van der Waals surface area contributed by atoms with Crippen molar-refractivity contribution in [2.45, 2.75) is 11.4 Å². The second-order valence-electron chi connectivity index (χ2n) is 5.61. The van der Waals surface area contributed by atoms with Gasteiger partial charge in [0, 0.05) is 23.3 Å². The fraction of sp³-hybridized carbons (Fsp3) is 0.263. The molecule has 0 saturated carbocycles. The maximum absolute atomic E-state index is 13.0. The number of carbonyl (C=O) groups excluding carboxylic acids is 1. The van der Waals surface area contributed by atoms with E-state index in [1.165, 1.54) is 35.2 Å². The summed E-state index contributed by atoms with van der Waals surface area (Å²) in [6.45, 7) is 0.769. The molecular weight excluding hydrogens is 403 g/mol. The highest BCUT2D eigenvalue weighted by atomic mass is 32.2. The molecule has 0 N–H and O–H groups in total. The zero-order chi connectivity index (χ0) is 19.2. The molecule has 1 heterocycles. The van der Waals surface area contributed by atoms with E-state index in [2.05, 4.69) is 15.8 Å². The third-order valence-corrected chi connectivity index (χ3v) is 6.45. The van der Waals surface area contributed by atoms with E-state index >= 15 is 0 Å². The highest BCUT2D eigenvalue weighted by Crippen LogP contribution is 2.23. The van der Waals surface area contributed by atoms with Crippen LogP contribution in [0.3, 0.4) is 0 Å². The molecule has 4 nitrogen and oxygen atoms in total. The number of fused-ring (bicyclic) bond motifs is 1. The summed E-state index contributed by atoms with van der Waals surface area (Å²) in [7, 11) is 1.64. The number of nitrogens with zero attached hydrogens (tertiary/aromatic N) is 2. The zero-order valence-electron chi connectivity index (χ0n) is 15.0. The van der Waals surface area contributed by atoms with Crippen molar-refractivity contribution in [2.75, 3.05) is 24.9 Å². The van der Waals surface area contributed by atoms with Gasteiger partial charge in [-0.2, -0.15) is 16.8 Å². The van der Waals surface area contributed by atoms with Gasteiger partial charge >= 0.3 is 0 Å². The van der Waals surface area contributed by atoms with Gasteiger partial charge in [-0.15, -0.1) is 11.8 Å². The van der Waals surface area contributed by atoms with Crippen LogP contribution in [0, 0.1) is 5.82 Å². The van der Waals surface area contributed by atoms with E-state index in [0.29, 0.717) is 4.80 Å². The largest absolute Gasteiger partial charge is 0.497 e. The molecule has 0 bridgehead atoms. The molecule has 1 aromatic heterocycles. The van der Waals surface area contributed by atoms with Crippen LogP contribution in [0.5, 0.6) is 5.75 Å². The fourth-order valence-corrected chi connectivity index (χ4v) is 4.58. The molecule has 0 radical (unpaired) electrons. The second-order valence-corrected chi connectivity index (χ2v) is 8.65. The Morgan fingerprint density at radius 3 is 2.74 bits per heavy atom. The number of ether oxygens (including phenoxy) is 1. The summed E-state index contributed by atoms with van der Waals surface area (Å²) in [5, 5.41) is 0. The highest BCUT2D eigenvalue weighted by Gasteiger charge is 2.09. The van der Waals surface area contributed by atoms with E-state index in [0.717, 1.165) is 33.2 Å². The molecule has 0 unspecified atom stereocenters. The van der Waals surface area contributed by atoms with Crippen LogP contribution < -0.4 is 9.54 Å². The van der Waals surface area contributed by atoms with Gasteiger partial charge in [-0.1, -0.05) is 11.3 Å². The van der Waals surface area contributed by atoms with Crippen LogP contribution >= 0.6 is 34.9 Å². The van der Waals surface area contributed by atoms with E-state index in [1.807, 2.05) is 18.2 Å². The number of hydrogen-bond donors (Lipinski definition) is 0. The highest BCUT2D eigenvalue weighted by molar-refractivity contribution is 8.00. The maximum Gasteiger partial charge on any atom is 0.258 e. The van der Waals surface area contributed by atoms with E-state index in [-0.39, 0.29) is 17.5 Å². The van der Waals surface area contributed by atoms with Gasteiger partial charge in [0.05, 0.1) is 23.1 Å². The van der Waals surface area contributed by atoms with Crippen molar-refractivity contribution >= 4 is 51.0 Å². The number of carbonyl (C=O) groups is 1. The van der Waals surface area contributed by atoms with Gasteiger partial charge < -0.3 is 9.30 Å². The standard InChI is InChI=1S/C19H19FN2O2S3/c1-24-14-5-8-17-16(11-14)22(9-10-25-2)19(27-17)21-18(23)12-26-15-6-3-13(20)4-7-15/h3-8,11H,9-10,12H2,1-2H3. The molecule has 0 aliphatic carbocycles. The van der Waals surface area contributed by atoms with Crippen LogP contribution in [0.25, 0.3) is 10.2 Å².